The minimum absolute atomic E-state index is 0.186. The standard InChI is InChI=1S/C7H13N5O/c1-4(8)6-3-12(11-10-6)5(2)7(9)13/h3-5H,8H2,1-2H3,(H2,9,13)/t4-,5?/m1/s1. The molecule has 0 saturated carbocycles. The van der Waals surface area contributed by atoms with Crippen LogP contribution in [0, 0.1) is 0 Å². The molecule has 4 N–H and O–H groups in total. The van der Waals surface area contributed by atoms with Crippen LogP contribution in [0.15, 0.2) is 6.20 Å². The molecule has 1 aromatic heterocycles. The van der Waals surface area contributed by atoms with Crippen molar-refractivity contribution in [3.8, 4) is 0 Å². The maximum Gasteiger partial charge on any atom is 0.242 e. The van der Waals surface area contributed by atoms with E-state index in [9.17, 15) is 4.79 Å². The van der Waals surface area contributed by atoms with Crippen LogP contribution in [-0.4, -0.2) is 20.9 Å². The summed E-state index contributed by atoms with van der Waals surface area (Å²) in [4.78, 5) is 10.8. The van der Waals surface area contributed by atoms with E-state index in [1.54, 1.807) is 20.0 Å². The second kappa shape index (κ2) is 3.53. The van der Waals surface area contributed by atoms with Gasteiger partial charge in [-0.05, 0) is 13.8 Å². The topological polar surface area (TPSA) is 99.8 Å². The first kappa shape index (κ1) is 9.66. The summed E-state index contributed by atoms with van der Waals surface area (Å²) in [6, 6.07) is -0.672. The number of amides is 1. The molecule has 6 nitrogen and oxygen atoms in total. The van der Waals surface area contributed by atoms with Crippen LogP contribution in [0.1, 0.15) is 31.6 Å². The molecule has 0 bridgehead atoms. The van der Waals surface area contributed by atoms with Gasteiger partial charge >= 0.3 is 0 Å². The van der Waals surface area contributed by atoms with Crippen molar-refractivity contribution in [2.75, 3.05) is 0 Å². The molecule has 0 aliphatic heterocycles. The van der Waals surface area contributed by atoms with E-state index in [-0.39, 0.29) is 6.04 Å². The van der Waals surface area contributed by atoms with Gasteiger partial charge in [-0.3, -0.25) is 4.79 Å². The quantitative estimate of drug-likeness (QED) is 0.649. The highest BCUT2D eigenvalue weighted by atomic mass is 16.1. The number of hydrogen-bond donors (Lipinski definition) is 2. The molecule has 1 rings (SSSR count). The third-order valence-electron chi connectivity index (χ3n) is 1.80. The number of nitrogens with two attached hydrogens (primary N) is 2. The molecule has 1 unspecified atom stereocenters. The van der Waals surface area contributed by atoms with Crippen LogP contribution in [0.5, 0.6) is 0 Å². The Bertz CT molecular complexity index is 306. The lowest BCUT2D eigenvalue weighted by atomic mass is 10.3. The van der Waals surface area contributed by atoms with Crippen LogP contribution in [0.25, 0.3) is 0 Å². The summed E-state index contributed by atoms with van der Waals surface area (Å²) in [6.45, 7) is 3.45. The fourth-order valence-corrected chi connectivity index (χ4v) is 0.819. The Hall–Kier alpha value is -1.43. The Morgan fingerprint density at radius 1 is 1.62 bits per heavy atom. The summed E-state index contributed by atoms with van der Waals surface area (Å²) < 4.78 is 1.40. The van der Waals surface area contributed by atoms with Gasteiger partial charge in [0.1, 0.15) is 6.04 Å². The predicted molar refractivity (Wildman–Crippen MR) is 46.5 cm³/mol. The Kier molecular flexibility index (Phi) is 2.62. The fourth-order valence-electron chi connectivity index (χ4n) is 0.819. The van der Waals surface area contributed by atoms with Gasteiger partial charge in [0.2, 0.25) is 5.91 Å². The van der Waals surface area contributed by atoms with Crippen molar-refractivity contribution in [1.82, 2.24) is 15.0 Å². The maximum absolute atomic E-state index is 10.8. The molecule has 2 atom stereocenters. The first-order valence-corrected chi connectivity index (χ1v) is 3.99. The third-order valence-corrected chi connectivity index (χ3v) is 1.80. The molecule has 13 heavy (non-hydrogen) atoms. The minimum atomic E-state index is -0.486. The summed E-state index contributed by atoms with van der Waals surface area (Å²) in [7, 11) is 0. The summed E-state index contributed by atoms with van der Waals surface area (Å²) >= 11 is 0. The van der Waals surface area contributed by atoms with Gasteiger partial charge in [0.05, 0.1) is 11.9 Å². The van der Waals surface area contributed by atoms with Crippen LogP contribution in [0.3, 0.4) is 0 Å². The molecule has 1 heterocycles. The van der Waals surface area contributed by atoms with Gasteiger partial charge in [0.15, 0.2) is 0 Å². The van der Waals surface area contributed by atoms with Crippen LogP contribution in [0.2, 0.25) is 0 Å². The van der Waals surface area contributed by atoms with E-state index in [1.807, 2.05) is 0 Å². The van der Waals surface area contributed by atoms with E-state index < -0.39 is 11.9 Å². The predicted octanol–water partition coefficient (Wildman–Crippen LogP) is -0.656. The van der Waals surface area contributed by atoms with Crippen molar-refractivity contribution in [1.29, 1.82) is 0 Å². The van der Waals surface area contributed by atoms with Crippen molar-refractivity contribution >= 4 is 5.91 Å². The highest BCUT2D eigenvalue weighted by molar-refractivity contribution is 5.77. The highest BCUT2D eigenvalue weighted by Crippen LogP contribution is 2.07. The molecule has 0 saturated heterocycles. The zero-order valence-corrected chi connectivity index (χ0v) is 7.64. The normalized spacial score (nSPS) is 15.3. The zero-order valence-electron chi connectivity index (χ0n) is 7.64. The fraction of sp³-hybridized carbons (Fsp3) is 0.571. The van der Waals surface area contributed by atoms with Gasteiger partial charge in [0, 0.05) is 6.04 Å². The van der Waals surface area contributed by atoms with E-state index in [0.29, 0.717) is 5.69 Å². The molecule has 0 aromatic carbocycles. The number of aromatic nitrogens is 3. The van der Waals surface area contributed by atoms with Gasteiger partial charge in [-0.25, -0.2) is 4.68 Å². The molecular formula is C7H13N5O. The molecule has 1 amide bonds. The minimum Gasteiger partial charge on any atom is -0.368 e. The third kappa shape index (κ3) is 2.03. The van der Waals surface area contributed by atoms with Crippen molar-refractivity contribution in [2.24, 2.45) is 11.5 Å². The van der Waals surface area contributed by atoms with Crippen molar-refractivity contribution in [2.45, 2.75) is 25.9 Å². The number of rotatable bonds is 3. The first-order valence-electron chi connectivity index (χ1n) is 3.99. The van der Waals surface area contributed by atoms with E-state index in [2.05, 4.69) is 10.3 Å². The summed E-state index contributed by atoms with van der Waals surface area (Å²) in [5.41, 5.74) is 11.3. The molecule has 6 heteroatoms. The first-order chi connectivity index (χ1) is 6.02. The van der Waals surface area contributed by atoms with Gasteiger partial charge in [-0.1, -0.05) is 5.21 Å². The number of carbonyl (C=O) groups is 1. The Labute approximate surface area is 75.9 Å². The number of hydrogen-bond acceptors (Lipinski definition) is 4. The highest BCUT2D eigenvalue weighted by Gasteiger charge is 2.14. The molecular weight excluding hydrogens is 170 g/mol. The Balaban J connectivity index is 2.85. The number of primary amides is 1. The second-order valence-electron chi connectivity index (χ2n) is 2.99. The van der Waals surface area contributed by atoms with Crippen molar-refractivity contribution in [3.63, 3.8) is 0 Å². The van der Waals surface area contributed by atoms with Gasteiger partial charge in [-0.15, -0.1) is 5.10 Å². The lowest BCUT2D eigenvalue weighted by Gasteiger charge is -2.05. The molecule has 0 aliphatic carbocycles. The number of nitrogens with zero attached hydrogens (tertiary/aromatic N) is 3. The summed E-state index contributed by atoms with van der Waals surface area (Å²) in [6.07, 6.45) is 1.63. The summed E-state index contributed by atoms with van der Waals surface area (Å²) in [5, 5.41) is 7.54. The second-order valence-corrected chi connectivity index (χ2v) is 2.99. The largest absolute Gasteiger partial charge is 0.368 e. The van der Waals surface area contributed by atoms with Crippen LogP contribution in [0.4, 0.5) is 0 Å². The van der Waals surface area contributed by atoms with Crippen molar-refractivity contribution in [3.05, 3.63) is 11.9 Å². The van der Waals surface area contributed by atoms with Crippen LogP contribution >= 0.6 is 0 Å². The Morgan fingerprint density at radius 3 is 2.62 bits per heavy atom. The average molecular weight is 183 g/mol. The lowest BCUT2D eigenvalue weighted by molar-refractivity contribution is -0.120. The number of carbonyl (C=O) groups excluding carboxylic acids is 1. The maximum atomic E-state index is 10.8. The Morgan fingerprint density at radius 2 is 2.23 bits per heavy atom. The zero-order chi connectivity index (χ0) is 10.0. The van der Waals surface area contributed by atoms with Gasteiger partial charge in [-0.2, -0.15) is 0 Å². The van der Waals surface area contributed by atoms with E-state index >= 15 is 0 Å². The lowest BCUT2D eigenvalue weighted by Crippen LogP contribution is -2.24. The van der Waals surface area contributed by atoms with Crippen LogP contribution < -0.4 is 11.5 Å². The smallest absolute Gasteiger partial charge is 0.242 e. The molecule has 0 fully saturated rings. The van der Waals surface area contributed by atoms with Gasteiger partial charge in [0.25, 0.3) is 0 Å². The molecule has 0 radical (unpaired) electrons. The monoisotopic (exact) mass is 183 g/mol. The van der Waals surface area contributed by atoms with Crippen LogP contribution in [-0.2, 0) is 4.79 Å². The van der Waals surface area contributed by atoms with E-state index in [4.69, 9.17) is 11.5 Å². The van der Waals surface area contributed by atoms with Crippen molar-refractivity contribution < 1.29 is 4.79 Å². The SMILES string of the molecule is CC(C(N)=O)n1cc([C@@H](C)N)nn1. The van der Waals surface area contributed by atoms with E-state index in [1.165, 1.54) is 4.68 Å². The van der Waals surface area contributed by atoms with Gasteiger partial charge < -0.3 is 11.5 Å². The molecule has 72 valence electrons. The summed E-state index contributed by atoms with van der Waals surface area (Å²) in [5.74, 6) is -0.443. The van der Waals surface area contributed by atoms with E-state index in [0.717, 1.165) is 0 Å². The molecule has 1 aromatic rings. The average Bonchev–Trinajstić information content (AvgIpc) is 2.50. The molecule has 0 spiro atoms. The molecule has 0 aliphatic rings.